The summed E-state index contributed by atoms with van der Waals surface area (Å²) in [5.41, 5.74) is 6.38. The number of carboxylic acid groups (broad SMARTS) is 1. The molecule has 0 saturated carbocycles. The van der Waals surface area contributed by atoms with Crippen LogP contribution in [0.15, 0.2) is 34.7 Å². The van der Waals surface area contributed by atoms with E-state index in [0.29, 0.717) is 0 Å². The van der Waals surface area contributed by atoms with Crippen LogP contribution in [0.1, 0.15) is 16.2 Å². The van der Waals surface area contributed by atoms with Gasteiger partial charge in [-0.25, -0.2) is 9.78 Å². The Morgan fingerprint density at radius 1 is 1.38 bits per heavy atom. The second kappa shape index (κ2) is 4.16. The predicted octanol–water partition coefficient (Wildman–Crippen LogP) is 1.50. The van der Waals surface area contributed by atoms with Crippen LogP contribution in [0, 0.1) is 0 Å². The monoisotopic (exact) mass is 218 g/mol. The number of oxazole rings is 1. The summed E-state index contributed by atoms with van der Waals surface area (Å²) in [6.45, 7) is 0.0396. The van der Waals surface area contributed by atoms with Crippen molar-refractivity contribution in [3.05, 3.63) is 41.8 Å². The number of hydrogen-bond acceptors (Lipinski definition) is 4. The van der Waals surface area contributed by atoms with Crippen molar-refractivity contribution in [2.45, 2.75) is 6.54 Å². The number of carboxylic acids is 1. The third kappa shape index (κ3) is 1.80. The lowest BCUT2D eigenvalue weighted by Crippen LogP contribution is -2.04. The first-order valence-corrected chi connectivity index (χ1v) is 4.71. The highest BCUT2D eigenvalue weighted by molar-refractivity contribution is 5.86. The van der Waals surface area contributed by atoms with E-state index < -0.39 is 5.97 Å². The molecule has 0 saturated heterocycles. The molecule has 1 aromatic carbocycles. The van der Waals surface area contributed by atoms with Crippen molar-refractivity contribution in [2.75, 3.05) is 0 Å². The smallest absolute Gasteiger partial charge is 0.373 e. The number of benzene rings is 1. The summed E-state index contributed by atoms with van der Waals surface area (Å²) < 4.78 is 5.16. The third-order valence-electron chi connectivity index (χ3n) is 2.11. The highest BCUT2D eigenvalue weighted by Crippen LogP contribution is 2.21. The Bertz CT molecular complexity index is 505. The van der Waals surface area contributed by atoms with E-state index in [9.17, 15) is 4.79 Å². The molecule has 0 bridgehead atoms. The Hall–Kier alpha value is -2.14. The van der Waals surface area contributed by atoms with Crippen molar-refractivity contribution < 1.29 is 14.3 Å². The lowest BCUT2D eigenvalue weighted by Gasteiger charge is -1.92. The molecule has 0 aliphatic heterocycles. The molecule has 0 amide bonds. The van der Waals surface area contributed by atoms with Gasteiger partial charge in [0, 0.05) is 12.1 Å². The van der Waals surface area contributed by atoms with Crippen LogP contribution in [0.2, 0.25) is 0 Å². The van der Waals surface area contributed by atoms with Crippen molar-refractivity contribution in [3.8, 4) is 11.5 Å². The van der Waals surface area contributed by atoms with Crippen LogP contribution in [-0.4, -0.2) is 16.1 Å². The molecule has 0 unspecified atom stereocenters. The topological polar surface area (TPSA) is 89.4 Å². The third-order valence-corrected chi connectivity index (χ3v) is 2.11. The van der Waals surface area contributed by atoms with Gasteiger partial charge < -0.3 is 15.3 Å². The second-order valence-corrected chi connectivity index (χ2v) is 3.17. The molecular formula is C11H10N2O3. The fourth-order valence-corrected chi connectivity index (χ4v) is 1.36. The van der Waals surface area contributed by atoms with Crippen LogP contribution in [0.25, 0.3) is 11.5 Å². The first-order valence-electron chi connectivity index (χ1n) is 4.71. The number of hydrogen-bond donors (Lipinski definition) is 2. The molecule has 0 atom stereocenters. The van der Waals surface area contributed by atoms with Crippen molar-refractivity contribution in [2.24, 2.45) is 5.73 Å². The Balaban J connectivity index is 2.48. The minimum atomic E-state index is -1.16. The minimum absolute atomic E-state index is 0.0396. The fraction of sp³-hybridized carbons (Fsp3) is 0.0909. The molecule has 1 heterocycles. The van der Waals surface area contributed by atoms with Gasteiger partial charge in [-0.05, 0) is 12.1 Å². The number of nitrogens with zero attached hydrogens (tertiary/aromatic N) is 1. The molecule has 3 N–H and O–H groups in total. The van der Waals surface area contributed by atoms with Gasteiger partial charge in [0.2, 0.25) is 11.7 Å². The normalized spacial score (nSPS) is 10.3. The molecule has 16 heavy (non-hydrogen) atoms. The summed E-state index contributed by atoms with van der Waals surface area (Å²) in [5, 5.41) is 8.87. The zero-order valence-corrected chi connectivity index (χ0v) is 8.38. The number of aromatic carboxylic acids is 1. The van der Waals surface area contributed by atoms with Crippen LogP contribution in [0.5, 0.6) is 0 Å². The standard InChI is InChI=1S/C11H10N2O3/c12-6-8-9(11(14)15)16-10(13-8)7-4-2-1-3-5-7/h1-5H,6,12H2,(H,14,15). The van der Waals surface area contributed by atoms with E-state index in [1.165, 1.54) is 0 Å². The fourth-order valence-electron chi connectivity index (χ4n) is 1.36. The summed E-state index contributed by atoms with van der Waals surface area (Å²) in [5.74, 6) is -1.07. The van der Waals surface area contributed by atoms with Crippen molar-refractivity contribution in [1.29, 1.82) is 0 Å². The Morgan fingerprint density at radius 2 is 2.06 bits per heavy atom. The SMILES string of the molecule is NCc1nc(-c2ccccc2)oc1C(=O)O. The molecule has 0 spiro atoms. The molecule has 0 fully saturated rings. The highest BCUT2D eigenvalue weighted by Gasteiger charge is 2.18. The summed E-state index contributed by atoms with van der Waals surface area (Å²) in [6, 6.07) is 9.08. The Kier molecular flexibility index (Phi) is 2.70. The minimum Gasteiger partial charge on any atom is -0.475 e. The van der Waals surface area contributed by atoms with E-state index in [2.05, 4.69) is 4.98 Å². The maximum atomic E-state index is 10.8. The number of rotatable bonds is 3. The molecule has 2 rings (SSSR count). The molecular weight excluding hydrogens is 208 g/mol. The molecule has 2 aromatic rings. The molecule has 5 nitrogen and oxygen atoms in total. The van der Waals surface area contributed by atoms with Crippen LogP contribution in [0.3, 0.4) is 0 Å². The average molecular weight is 218 g/mol. The molecule has 5 heteroatoms. The van der Waals surface area contributed by atoms with Crippen molar-refractivity contribution in [3.63, 3.8) is 0 Å². The number of aromatic nitrogens is 1. The first kappa shape index (κ1) is 10.4. The maximum Gasteiger partial charge on any atom is 0.373 e. The highest BCUT2D eigenvalue weighted by atomic mass is 16.4. The summed E-state index contributed by atoms with van der Waals surface area (Å²) in [4.78, 5) is 14.9. The van der Waals surface area contributed by atoms with E-state index in [-0.39, 0.29) is 23.9 Å². The van der Waals surface area contributed by atoms with Crippen LogP contribution in [-0.2, 0) is 6.54 Å². The van der Waals surface area contributed by atoms with E-state index in [1.54, 1.807) is 12.1 Å². The van der Waals surface area contributed by atoms with Crippen LogP contribution < -0.4 is 5.73 Å². The zero-order valence-electron chi connectivity index (χ0n) is 8.38. The van der Waals surface area contributed by atoms with E-state index in [1.807, 2.05) is 18.2 Å². The van der Waals surface area contributed by atoms with Crippen LogP contribution >= 0.6 is 0 Å². The van der Waals surface area contributed by atoms with Gasteiger partial charge in [-0.2, -0.15) is 0 Å². The van der Waals surface area contributed by atoms with Crippen LogP contribution in [0.4, 0.5) is 0 Å². The summed E-state index contributed by atoms with van der Waals surface area (Å²) >= 11 is 0. The van der Waals surface area contributed by atoms with Gasteiger partial charge in [0.15, 0.2) is 0 Å². The Labute approximate surface area is 91.5 Å². The molecule has 0 aliphatic carbocycles. The van der Waals surface area contributed by atoms with E-state index in [0.717, 1.165) is 5.56 Å². The van der Waals surface area contributed by atoms with Gasteiger partial charge in [-0.15, -0.1) is 0 Å². The predicted molar refractivity (Wildman–Crippen MR) is 56.8 cm³/mol. The van der Waals surface area contributed by atoms with Gasteiger partial charge in [0.25, 0.3) is 0 Å². The van der Waals surface area contributed by atoms with Gasteiger partial charge in [-0.3, -0.25) is 0 Å². The van der Waals surface area contributed by atoms with Gasteiger partial charge in [-0.1, -0.05) is 18.2 Å². The molecule has 82 valence electrons. The molecule has 0 radical (unpaired) electrons. The van der Waals surface area contributed by atoms with Gasteiger partial charge in [0.1, 0.15) is 5.69 Å². The van der Waals surface area contributed by atoms with Gasteiger partial charge in [0.05, 0.1) is 0 Å². The quantitative estimate of drug-likeness (QED) is 0.814. The van der Waals surface area contributed by atoms with Crippen molar-refractivity contribution in [1.82, 2.24) is 4.98 Å². The average Bonchev–Trinajstić information content (AvgIpc) is 2.74. The van der Waals surface area contributed by atoms with Gasteiger partial charge >= 0.3 is 5.97 Å². The number of carbonyl (C=O) groups is 1. The number of nitrogens with two attached hydrogens (primary N) is 1. The zero-order chi connectivity index (χ0) is 11.5. The summed E-state index contributed by atoms with van der Waals surface area (Å²) in [6.07, 6.45) is 0. The lowest BCUT2D eigenvalue weighted by molar-refractivity contribution is 0.0662. The van der Waals surface area contributed by atoms with E-state index >= 15 is 0 Å². The molecule has 1 aromatic heterocycles. The second-order valence-electron chi connectivity index (χ2n) is 3.17. The van der Waals surface area contributed by atoms with Crippen molar-refractivity contribution >= 4 is 5.97 Å². The first-order chi connectivity index (χ1) is 7.72. The molecule has 0 aliphatic rings. The Morgan fingerprint density at radius 3 is 2.56 bits per heavy atom. The maximum absolute atomic E-state index is 10.8. The largest absolute Gasteiger partial charge is 0.475 e. The lowest BCUT2D eigenvalue weighted by atomic mass is 10.2. The van der Waals surface area contributed by atoms with E-state index in [4.69, 9.17) is 15.3 Å². The summed E-state index contributed by atoms with van der Waals surface area (Å²) in [7, 11) is 0.